The van der Waals surface area contributed by atoms with Crippen molar-refractivity contribution in [3.05, 3.63) is 101 Å². The zero-order valence-electron chi connectivity index (χ0n) is 19.5. The summed E-state index contributed by atoms with van der Waals surface area (Å²) in [6, 6.07) is 18.0. The Bertz CT molecular complexity index is 1470. The first kappa shape index (κ1) is 25.3. The molecule has 0 aliphatic heterocycles. The van der Waals surface area contributed by atoms with Crippen molar-refractivity contribution in [3.63, 3.8) is 0 Å². The van der Waals surface area contributed by atoms with Crippen LogP contribution in [0.25, 0.3) is 10.9 Å². The molecule has 1 aliphatic rings. The lowest BCUT2D eigenvalue weighted by Crippen LogP contribution is -2.25. The van der Waals surface area contributed by atoms with Gasteiger partial charge in [-0.15, -0.1) is 0 Å². The average molecular weight is 707 g/mol. The van der Waals surface area contributed by atoms with Gasteiger partial charge in [0.2, 0.25) is 0 Å². The number of ether oxygens (including phenoxy) is 1. The van der Waals surface area contributed by atoms with Crippen molar-refractivity contribution in [2.75, 3.05) is 0 Å². The van der Waals surface area contributed by atoms with E-state index in [1.807, 2.05) is 30.3 Å². The van der Waals surface area contributed by atoms with Crippen LogP contribution in [0, 0.1) is 13.0 Å². The number of fused-ring (bicyclic) bond motifs is 1. The van der Waals surface area contributed by atoms with Gasteiger partial charge < -0.3 is 4.74 Å². The van der Waals surface area contributed by atoms with Gasteiger partial charge in [-0.05, 0) is 93.9 Å². The lowest BCUT2D eigenvalue weighted by Gasteiger charge is -2.22. The highest BCUT2D eigenvalue weighted by atomic mass is 127. The summed E-state index contributed by atoms with van der Waals surface area (Å²) >= 11 is 4.42. The zero-order chi connectivity index (χ0) is 25.1. The number of halogens is 3. The SMILES string of the molecule is O=c1c2ccccc2nc(C2CCCCC2)n1N=Cc1cc(I)c(OCc2ccccc2F)c(I)c1. The molecule has 36 heavy (non-hydrogen) atoms. The van der Waals surface area contributed by atoms with E-state index in [9.17, 15) is 9.18 Å². The second-order valence-electron chi connectivity index (χ2n) is 8.88. The van der Waals surface area contributed by atoms with E-state index >= 15 is 0 Å². The lowest BCUT2D eigenvalue weighted by atomic mass is 9.88. The Hall–Kier alpha value is -2.34. The molecule has 1 heterocycles. The summed E-state index contributed by atoms with van der Waals surface area (Å²) in [6.07, 6.45) is 7.24. The van der Waals surface area contributed by atoms with Gasteiger partial charge >= 0.3 is 0 Å². The quantitative estimate of drug-likeness (QED) is 0.157. The molecule has 184 valence electrons. The van der Waals surface area contributed by atoms with Crippen molar-refractivity contribution in [1.82, 2.24) is 9.66 Å². The third kappa shape index (κ3) is 5.49. The van der Waals surface area contributed by atoms with E-state index in [-0.39, 0.29) is 23.9 Å². The number of aromatic nitrogens is 2. The molecule has 0 amide bonds. The molecule has 5 rings (SSSR count). The number of para-hydroxylation sites is 1. The molecule has 1 aromatic heterocycles. The van der Waals surface area contributed by atoms with Crippen LogP contribution in [0.2, 0.25) is 0 Å². The van der Waals surface area contributed by atoms with Crippen LogP contribution < -0.4 is 10.3 Å². The molecule has 1 saturated carbocycles. The zero-order valence-corrected chi connectivity index (χ0v) is 23.8. The van der Waals surface area contributed by atoms with Crippen molar-refractivity contribution in [2.24, 2.45) is 5.10 Å². The van der Waals surface area contributed by atoms with E-state index < -0.39 is 0 Å². The van der Waals surface area contributed by atoms with Gasteiger partial charge in [0.15, 0.2) is 0 Å². The molecule has 0 bridgehead atoms. The second kappa shape index (κ2) is 11.4. The molecule has 8 heteroatoms. The molecule has 1 fully saturated rings. The second-order valence-corrected chi connectivity index (χ2v) is 11.2. The third-order valence-corrected chi connectivity index (χ3v) is 8.02. The molecule has 3 aromatic carbocycles. The van der Waals surface area contributed by atoms with Gasteiger partial charge in [0.05, 0.1) is 24.3 Å². The van der Waals surface area contributed by atoms with Crippen LogP contribution in [0.15, 0.2) is 70.6 Å². The first-order valence-corrected chi connectivity index (χ1v) is 14.1. The summed E-state index contributed by atoms with van der Waals surface area (Å²) in [5.74, 6) is 1.38. The number of hydrogen-bond acceptors (Lipinski definition) is 4. The van der Waals surface area contributed by atoms with E-state index in [2.05, 4.69) is 50.3 Å². The minimum absolute atomic E-state index is 0.147. The Morgan fingerprint density at radius 3 is 2.47 bits per heavy atom. The van der Waals surface area contributed by atoms with Gasteiger partial charge in [-0.25, -0.2) is 9.37 Å². The third-order valence-electron chi connectivity index (χ3n) is 6.42. The fourth-order valence-electron chi connectivity index (χ4n) is 4.56. The molecule has 5 nitrogen and oxygen atoms in total. The maximum Gasteiger partial charge on any atom is 0.282 e. The van der Waals surface area contributed by atoms with E-state index in [0.29, 0.717) is 16.7 Å². The first-order chi connectivity index (χ1) is 17.5. The van der Waals surface area contributed by atoms with Gasteiger partial charge in [0.25, 0.3) is 5.56 Å². The van der Waals surface area contributed by atoms with Crippen LogP contribution in [0.5, 0.6) is 5.75 Å². The summed E-state index contributed by atoms with van der Waals surface area (Å²) < 4.78 is 23.2. The Kier molecular flexibility index (Phi) is 8.00. The minimum Gasteiger partial charge on any atom is -0.487 e. The van der Waals surface area contributed by atoms with Crippen molar-refractivity contribution >= 4 is 62.3 Å². The summed E-state index contributed by atoms with van der Waals surface area (Å²) in [5.41, 5.74) is 1.92. The van der Waals surface area contributed by atoms with Crippen LogP contribution in [0.1, 0.15) is 55.0 Å². The van der Waals surface area contributed by atoms with Gasteiger partial charge in [-0.1, -0.05) is 49.6 Å². The number of rotatable bonds is 6. The predicted molar refractivity (Wildman–Crippen MR) is 157 cm³/mol. The Morgan fingerprint density at radius 2 is 1.72 bits per heavy atom. The maximum atomic E-state index is 14.0. The van der Waals surface area contributed by atoms with E-state index in [4.69, 9.17) is 9.72 Å². The van der Waals surface area contributed by atoms with Crippen LogP contribution in [0.3, 0.4) is 0 Å². The summed E-state index contributed by atoms with van der Waals surface area (Å²) in [6.45, 7) is 0.148. The van der Waals surface area contributed by atoms with E-state index in [0.717, 1.165) is 49.7 Å². The van der Waals surface area contributed by atoms with E-state index in [1.165, 1.54) is 17.2 Å². The van der Waals surface area contributed by atoms with Crippen LogP contribution in [-0.4, -0.2) is 15.9 Å². The highest BCUT2D eigenvalue weighted by Crippen LogP contribution is 2.32. The summed E-state index contributed by atoms with van der Waals surface area (Å²) in [5, 5.41) is 5.20. The molecule has 0 atom stereocenters. The van der Waals surface area contributed by atoms with Crippen molar-refractivity contribution < 1.29 is 9.13 Å². The Labute approximate surface area is 236 Å². The van der Waals surface area contributed by atoms with Crippen LogP contribution in [0.4, 0.5) is 4.39 Å². The molecular formula is C28H24FI2N3O2. The molecule has 0 N–H and O–H groups in total. The van der Waals surface area contributed by atoms with Crippen molar-refractivity contribution in [1.29, 1.82) is 0 Å². The number of nitrogens with zero attached hydrogens (tertiary/aromatic N) is 3. The smallest absolute Gasteiger partial charge is 0.282 e. The van der Waals surface area contributed by atoms with Crippen molar-refractivity contribution in [3.8, 4) is 5.75 Å². The normalized spacial score (nSPS) is 14.5. The number of benzene rings is 3. The van der Waals surface area contributed by atoms with Gasteiger partial charge in [-0.3, -0.25) is 4.79 Å². The fourth-order valence-corrected chi connectivity index (χ4v) is 6.69. The predicted octanol–water partition coefficient (Wildman–Crippen LogP) is 7.25. The molecule has 0 saturated heterocycles. The van der Waals surface area contributed by atoms with Crippen molar-refractivity contribution in [2.45, 2.75) is 44.6 Å². The van der Waals surface area contributed by atoms with E-state index in [1.54, 1.807) is 30.5 Å². The van der Waals surface area contributed by atoms with Gasteiger partial charge in [-0.2, -0.15) is 9.78 Å². The minimum atomic E-state index is -0.283. The average Bonchev–Trinajstić information content (AvgIpc) is 2.89. The molecule has 0 spiro atoms. The highest BCUT2D eigenvalue weighted by Gasteiger charge is 2.22. The summed E-state index contributed by atoms with van der Waals surface area (Å²) in [7, 11) is 0. The summed E-state index contributed by atoms with van der Waals surface area (Å²) in [4.78, 5) is 18.3. The monoisotopic (exact) mass is 707 g/mol. The Balaban J connectivity index is 1.46. The number of hydrogen-bond donors (Lipinski definition) is 0. The van der Waals surface area contributed by atoms with Gasteiger partial charge in [0, 0.05) is 11.5 Å². The molecule has 4 aromatic rings. The van der Waals surface area contributed by atoms with Gasteiger partial charge in [0.1, 0.15) is 24.0 Å². The first-order valence-electron chi connectivity index (χ1n) is 11.9. The maximum absolute atomic E-state index is 14.0. The largest absolute Gasteiger partial charge is 0.487 e. The fraction of sp³-hybridized carbons (Fsp3) is 0.250. The standard InChI is InChI=1S/C28H24FI2N3O2/c29-22-12-6-4-10-20(22)17-36-26-23(30)14-18(15-24(26)31)16-32-34-27(19-8-2-1-3-9-19)33-25-13-7-5-11-21(25)28(34)35/h4-7,10-16,19H,1-3,8-9,17H2. The molecule has 0 unspecified atom stereocenters. The topological polar surface area (TPSA) is 56.5 Å². The molecule has 1 aliphatic carbocycles. The van der Waals surface area contributed by atoms with Crippen LogP contribution >= 0.6 is 45.2 Å². The Morgan fingerprint density at radius 1 is 1.03 bits per heavy atom. The molecular weight excluding hydrogens is 683 g/mol. The lowest BCUT2D eigenvalue weighted by molar-refractivity contribution is 0.295. The highest BCUT2D eigenvalue weighted by molar-refractivity contribution is 14.1. The molecule has 0 radical (unpaired) electrons. The van der Waals surface area contributed by atoms with Crippen LogP contribution in [-0.2, 0) is 6.61 Å².